The summed E-state index contributed by atoms with van der Waals surface area (Å²) < 4.78 is 0. The van der Waals surface area contributed by atoms with E-state index in [2.05, 4.69) is 11.4 Å². The summed E-state index contributed by atoms with van der Waals surface area (Å²) in [5, 5.41) is 20.9. The summed E-state index contributed by atoms with van der Waals surface area (Å²) in [6, 6.07) is 7.17. The number of nitrogens with zero attached hydrogens (tertiary/aromatic N) is 1. The highest BCUT2D eigenvalue weighted by Gasteiger charge is 2.17. The van der Waals surface area contributed by atoms with Gasteiger partial charge in [-0.05, 0) is 38.5 Å². The number of aliphatic hydroxyl groups excluding tert-OH is 1. The van der Waals surface area contributed by atoms with Crippen molar-refractivity contribution in [2.75, 3.05) is 17.7 Å². The molecule has 0 spiro atoms. The Morgan fingerprint density at radius 3 is 2.75 bits per heavy atom. The zero-order valence-electron chi connectivity index (χ0n) is 9.62. The summed E-state index contributed by atoms with van der Waals surface area (Å²) >= 11 is 0. The number of nitrogens with two attached hydrogens (primary N) is 1. The first-order chi connectivity index (χ1) is 7.48. The molecule has 0 saturated carbocycles. The minimum atomic E-state index is -0.253. The Morgan fingerprint density at radius 2 is 2.19 bits per heavy atom. The van der Waals surface area contributed by atoms with Gasteiger partial charge in [-0.2, -0.15) is 5.26 Å². The van der Waals surface area contributed by atoms with Crippen molar-refractivity contribution in [1.82, 2.24) is 0 Å². The molecule has 0 unspecified atom stereocenters. The molecule has 0 bridgehead atoms. The summed E-state index contributed by atoms with van der Waals surface area (Å²) in [7, 11) is 0. The van der Waals surface area contributed by atoms with Crippen molar-refractivity contribution < 1.29 is 5.11 Å². The second-order valence-electron chi connectivity index (χ2n) is 4.40. The molecule has 0 aliphatic heterocycles. The Kier molecular flexibility index (Phi) is 3.75. The molecule has 0 atom stereocenters. The van der Waals surface area contributed by atoms with Crippen LogP contribution in [0.2, 0.25) is 0 Å². The highest BCUT2D eigenvalue weighted by Crippen LogP contribution is 2.24. The Balaban J connectivity index is 2.92. The van der Waals surface area contributed by atoms with Crippen LogP contribution in [0.15, 0.2) is 18.2 Å². The second kappa shape index (κ2) is 4.86. The van der Waals surface area contributed by atoms with Crippen molar-refractivity contribution in [2.24, 2.45) is 0 Å². The Bertz CT molecular complexity index is 407. The Morgan fingerprint density at radius 1 is 1.50 bits per heavy atom. The minimum Gasteiger partial charge on any atom is -0.397 e. The van der Waals surface area contributed by atoms with Gasteiger partial charge < -0.3 is 16.2 Å². The van der Waals surface area contributed by atoms with Gasteiger partial charge in [0.05, 0.1) is 23.0 Å². The average Bonchev–Trinajstić information content (AvgIpc) is 2.21. The molecule has 0 aliphatic rings. The second-order valence-corrected chi connectivity index (χ2v) is 4.40. The van der Waals surface area contributed by atoms with Crippen LogP contribution in [0.5, 0.6) is 0 Å². The third-order valence-corrected chi connectivity index (χ3v) is 2.39. The third-order valence-electron chi connectivity index (χ3n) is 2.39. The minimum absolute atomic E-state index is 0.109. The van der Waals surface area contributed by atoms with Crippen molar-refractivity contribution in [2.45, 2.75) is 25.8 Å². The molecule has 0 amide bonds. The Hall–Kier alpha value is -1.73. The van der Waals surface area contributed by atoms with Crippen molar-refractivity contribution in [3.8, 4) is 6.07 Å². The lowest BCUT2D eigenvalue weighted by molar-refractivity contribution is 0.261. The first-order valence-electron chi connectivity index (χ1n) is 5.17. The van der Waals surface area contributed by atoms with Crippen molar-refractivity contribution in [3.63, 3.8) is 0 Å². The average molecular weight is 219 g/mol. The maximum absolute atomic E-state index is 8.93. The fourth-order valence-corrected chi connectivity index (χ4v) is 1.44. The molecule has 4 heteroatoms. The van der Waals surface area contributed by atoms with Gasteiger partial charge in [-0.3, -0.25) is 0 Å². The van der Waals surface area contributed by atoms with Crippen molar-refractivity contribution in [3.05, 3.63) is 23.8 Å². The van der Waals surface area contributed by atoms with Crippen LogP contribution >= 0.6 is 0 Å². The normalized spacial score (nSPS) is 10.9. The van der Waals surface area contributed by atoms with E-state index in [1.807, 2.05) is 13.8 Å². The van der Waals surface area contributed by atoms with Crippen LogP contribution < -0.4 is 11.1 Å². The molecule has 0 radical (unpaired) electrons. The van der Waals surface area contributed by atoms with Crippen LogP contribution in [0.1, 0.15) is 25.8 Å². The molecular weight excluding hydrogens is 202 g/mol. The van der Waals surface area contributed by atoms with Crippen LogP contribution in [0.3, 0.4) is 0 Å². The van der Waals surface area contributed by atoms with Crippen molar-refractivity contribution >= 4 is 11.4 Å². The topological polar surface area (TPSA) is 82.1 Å². The fraction of sp³-hybridized carbons (Fsp3) is 0.417. The molecule has 4 nitrogen and oxygen atoms in total. The largest absolute Gasteiger partial charge is 0.397 e. The SMILES string of the molecule is CC(C)(CCO)Nc1cc(C#N)ccc1N. The van der Waals surface area contributed by atoms with E-state index in [1.165, 1.54) is 0 Å². The number of benzene rings is 1. The van der Waals surface area contributed by atoms with E-state index in [1.54, 1.807) is 18.2 Å². The van der Waals surface area contributed by atoms with E-state index in [-0.39, 0.29) is 12.1 Å². The molecule has 0 saturated heterocycles. The van der Waals surface area contributed by atoms with Crippen molar-refractivity contribution in [1.29, 1.82) is 5.26 Å². The number of nitrogen functional groups attached to an aromatic ring is 1. The molecule has 0 aromatic heterocycles. The van der Waals surface area contributed by atoms with Crippen LogP contribution in [-0.4, -0.2) is 17.3 Å². The van der Waals surface area contributed by atoms with Crippen LogP contribution in [0.25, 0.3) is 0 Å². The van der Waals surface area contributed by atoms with E-state index in [9.17, 15) is 0 Å². The molecule has 1 rings (SSSR count). The zero-order valence-corrected chi connectivity index (χ0v) is 9.62. The lowest BCUT2D eigenvalue weighted by Crippen LogP contribution is -2.32. The lowest BCUT2D eigenvalue weighted by atomic mass is 10.00. The van der Waals surface area contributed by atoms with Gasteiger partial charge in [-0.25, -0.2) is 0 Å². The number of hydrogen-bond donors (Lipinski definition) is 3. The van der Waals surface area contributed by atoms with E-state index in [0.717, 1.165) is 5.69 Å². The van der Waals surface area contributed by atoms with Gasteiger partial charge >= 0.3 is 0 Å². The van der Waals surface area contributed by atoms with E-state index < -0.39 is 0 Å². The van der Waals surface area contributed by atoms with Gasteiger partial charge in [0.15, 0.2) is 0 Å². The number of nitriles is 1. The molecule has 0 aliphatic carbocycles. The molecule has 0 heterocycles. The van der Waals surface area contributed by atoms with Gasteiger partial charge in [0.2, 0.25) is 0 Å². The smallest absolute Gasteiger partial charge is 0.0992 e. The monoisotopic (exact) mass is 219 g/mol. The summed E-state index contributed by atoms with van der Waals surface area (Å²) in [5.74, 6) is 0. The third kappa shape index (κ3) is 3.14. The fourth-order valence-electron chi connectivity index (χ4n) is 1.44. The summed E-state index contributed by atoms with van der Waals surface area (Å²) in [5.41, 5.74) is 7.46. The summed E-state index contributed by atoms with van der Waals surface area (Å²) in [4.78, 5) is 0. The first kappa shape index (κ1) is 12.3. The van der Waals surface area contributed by atoms with Gasteiger partial charge in [0.1, 0.15) is 0 Å². The maximum atomic E-state index is 8.93. The summed E-state index contributed by atoms with van der Waals surface area (Å²) in [6.07, 6.45) is 0.614. The molecule has 1 aromatic rings. The van der Waals surface area contributed by atoms with Crippen LogP contribution in [0, 0.1) is 11.3 Å². The van der Waals surface area contributed by atoms with Gasteiger partial charge in [-0.1, -0.05) is 0 Å². The van der Waals surface area contributed by atoms with Gasteiger partial charge in [0, 0.05) is 12.1 Å². The van der Waals surface area contributed by atoms with Gasteiger partial charge in [0.25, 0.3) is 0 Å². The molecule has 86 valence electrons. The Labute approximate surface area is 95.7 Å². The maximum Gasteiger partial charge on any atom is 0.0992 e. The molecule has 0 fully saturated rings. The molecule has 16 heavy (non-hydrogen) atoms. The molecule has 4 N–H and O–H groups in total. The quantitative estimate of drug-likeness (QED) is 0.673. The van der Waals surface area contributed by atoms with E-state index in [4.69, 9.17) is 16.1 Å². The predicted octanol–water partition coefficient (Wildman–Crippen LogP) is 1.71. The zero-order chi connectivity index (χ0) is 12.2. The number of rotatable bonds is 4. The van der Waals surface area contributed by atoms with E-state index in [0.29, 0.717) is 17.7 Å². The predicted molar refractivity (Wildman–Crippen MR) is 65.0 cm³/mol. The lowest BCUT2D eigenvalue weighted by Gasteiger charge is -2.27. The highest BCUT2D eigenvalue weighted by atomic mass is 16.3. The van der Waals surface area contributed by atoms with Gasteiger partial charge in [-0.15, -0.1) is 0 Å². The first-order valence-corrected chi connectivity index (χ1v) is 5.17. The number of hydrogen-bond acceptors (Lipinski definition) is 4. The number of anilines is 2. The summed E-state index contributed by atoms with van der Waals surface area (Å²) in [6.45, 7) is 4.06. The highest BCUT2D eigenvalue weighted by molar-refractivity contribution is 5.69. The van der Waals surface area contributed by atoms with Crippen LogP contribution in [-0.2, 0) is 0 Å². The van der Waals surface area contributed by atoms with Crippen LogP contribution in [0.4, 0.5) is 11.4 Å². The number of aliphatic hydroxyl groups is 1. The number of nitrogens with one attached hydrogen (secondary N) is 1. The standard InChI is InChI=1S/C12H17N3O/c1-12(2,5-6-16)15-11-7-9(8-13)3-4-10(11)14/h3-4,7,15-16H,5-6,14H2,1-2H3. The molecule has 1 aromatic carbocycles. The van der Waals surface area contributed by atoms with E-state index >= 15 is 0 Å². The molecular formula is C12H17N3O.